The van der Waals surface area contributed by atoms with Gasteiger partial charge in [0.2, 0.25) is 0 Å². The van der Waals surface area contributed by atoms with Gasteiger partial charge in [-0.25, -0.2) is 4.98 Å². The molecular weight excluding hydrogens is 269 g/mol. The maximum Gasteiger partial charge on any atom is 0.420 e. The molecule has 2 aromatic rings. The number of aromatic nitrogens is 1. The average molecular weight is 282 g/mol. The first kappa shape index (κ1) is 14.2. The summed E-state index contributed by atoms with van der Waals surface area (Å²) in [6.07, 6.45) is -2.90. The highest BCUT2D eigenvalue weighted by Crippen LogP contribution is 2.38. The monoisotopic (exact) mass is 282 g/mol. The highest BCUT2D eigenvalue weighted by molar-refractivity contribution is 5.61. The largest absolute Gasteiger partial charge is 0.496 e. The number of nitrogens with one attached hydrogen (secondary N) is 1. The summed E-state index contributed by atoms with van der Waals surface area (Å²) in [4.78, 5) is 4.08. The number of ether oxygens (including phenoxy) is 1. The number of methoxy groups -OCH3 is 1. The Labute approximate surface area is 114 Å². The SMILES string of the molecule is COc1ccc(Nc2ncccc2C)cc1C(F)(F)F. The third-order valence-corrected chi connectivity index (χ3v) is 2.78. The van der Waals surface area contributed by atoms with E-state index >= 15 is 0 Å². The summed E-state index contributed by atoms with van der Waals surface area (Å²) in [5.74, 6) is 0.312. The van der Waals surface area contributed by atoms with E-state index in [1.165, 1.54) is 19.2 Å². The van der Waals surface area contributed by atoms with E-state index in [9.17, 15) is 13.2 Å². The number of hydrogen-bond donors (Lipinski definition) is 1. The predicted octanol–water partition coefficient (Wildman–Crippen LogP) is 4.16. The summed E-state index contributed by atoms with van der Waals surface area (Å²) in [5.41, 5.74) is 0.329. The molecule has 0 aliphatic carbocycles. The molecule has 1 N–H and O–H groups in total. The standard InChI is InChI=1S/C14H13F3N2O/c1-9-4-3-7-18-13(9)19-10-5-6-12(20-2)11(8-10)14(15,16)17/h3-8H,1-2H3,(H,18,19). The van der Waals surface area contributed by atoms with Crippen molar-refractivity contribution < 1.29 is 17.9 Å². The maximum absolute atomic E-state index is 12.9. The minimum Gasteiger partial charge on any atom is -0.496 e. The molecule has 0 aliphatic rings. The molecule has 2 rings (SSSR count). The van der Waals surface area contributed by atoms with E-state index in [2.05, 4.69) is 10.3 Å². The molecule has 0 spiro atoms. The van der Waals surface area contributed by atoms with Crippen molar-refractivity contribution in [1.29, 1.82) is 0 Å². The van der Waals surface area contributed by atoms with Crippen LogP contribution in [0.25, 0.3) is 0 Å². The molecule has 0 bridgehead atoms. The predicted molar refractivity (Wildman–Crippen MR) is 70.3 cm³/mol. The molecule has 0 saturated heterocycles. The zero-order chi connectivity index (χ0) is 14.8. The van der Waals surface area contributed by atoms with Crippen molar-refractivity contribution in [2.75, 3.05) is 12.4 Å². The van der Waals surface area contributed by atoms with Gasteiger partial charge < -0.3 is 10.1 Å². The lowest BCUT2D eigenvalue weighted by Crippen LogP contribution is -2.08. The number of aryl methyl sites for hydroxylation is 1. The molecule has 0 aliphatic heterocycles. The first-order chi connectivity index (χ1) is 9.41. The van der Waals surface area contributed by atoms with Gasteiger partial charge in [-0.2, -0.15) is 13.2 Å². The second-order valence-corrected chi connectivity index (χ2v) is 4.21. The normalized spacial score (nSPS) is 11.2. The van der Waals surface area contributed by atoms with Gasteiger partial charge in [-0.1, -0.05) is 6.07 Å². The number of rotatable bonds is 3. The zero-order valence-corrected chi connectivity index (χ0v) is 11.0. The second kappa shape index (κ2) is 5.40. The van der Waals surface area contributed by atoms with Crippen molar-refractivity contribution in [2.45, 2.75) is 13.1 Å². The topological polar surface area (TPSA) is 34.1 Å². The van der Waals surface area contributed by atoms with Gasteiger partial charge in [0.15, 0.2) is 0 Å². The van der Waals surface area contributed by atoms with Crippen LogP contribution in [-0.2, 0) is 6.18 Å². The van der Waals surface area contributed by atoms with E-state index in [1.807, 2.05) is 13.0 Å². The summed E-state index contributed by atoms with van der Waals surface area (Å²) >= 11 is 0. The molecule has 1 aromatic heterocycles. The lowest BCUT2D eigenvalue weighted by molar-refractivity contribution is -0.138. The molecule has 0 saturated carbocycles. The van der Waals surface area contributed by atoms with E-state index in [-0.39, 0.29) is 5.75 Å². The van der Waals surface area contributed by atoms with Crippen LogP contribution in [0.15, 0.2) is 36.5 Å². The lowest BCUT2D eigenvalue weighted by atomic mass is 10.1. The van der Waals surface area contributed by atoms with Crippen LogP contribution in [0, 0.1) is 6.92 Å². The number of hydrogen-bond acceptors (Lipinski definition) is 3. The van der Waals surface area contributed by atoms with Crippen molar-refractivity contribution >= 4 is 11.5 Å². The molecular formula is C14H13F3N2O. The Bertz CT molecular complexity index is 612. The van der Waals surface area contributed by atoms with Crippen molar-refractivity contribution in [2.24, 2.45) is 0 Å². The van der Waals surface area contributed by atoms with Crippen molar-refractivity contribution in [1.82, 2.24) is 4.98 Å². The molecule has 0 unspecified atom stereocenters. The fourth-order valence-corrected chi connectivity index (χ4v) is 1.76. The number of nitrogens with zero attached hydrogens (tertiary/aromatic N) is 1. The fraction of sp³-hybridized carbons (Fsp3) is 0.214. The number of benzene rings is 1. The Hall–Kier alpha value is -2.24. The van der Waals surface area contributed by atoms with Gasteiger partial charge in [0.1, 0.15) is 11.6 Å². The van der Waals surface area contributed by atoms with Gasteiger partial charge >= 0.3 is 6.18 Å². The average Bonchev–Trinajstić information content (AvgIpc) is 2.40. The van der Waals surface area contributed by atoms with E-state index in [0.29, 0.717) is 11.5 Å². The van der Waals surface area contributed by atoms with Gasteiger partial charge in [-0.05, 0) is 36.8 Å². The summed E-state index contributed by atoms with van der Waals surface area (Å²) in [5, 5.41) is 2.87. The van der Waals surface area contributed by atoms with E-state index in [4.69, 9.17) is 4.74 Å². The molecule has 20 heavy (non-hydrogen) atoms. The van der Waals surface area contributed by atoms with Crippen molar-refractivity contribution in [3.8, 4) is 5.75 Å². The van der Waals surface area contributed by atoms with Crippen LogP contribution in [-0.4, -0.2) is 12.1 Å². The third kappa shape index (κ3) is 3.01. The summed E-state index contributed by atoms with van der Waals surface area (Å²) in [6.45, 7) is 1.82. The van der Waals surface area contributed by atoms with Crippen LogP contribution in [0.5, 0.6) is 5.75 Å². The quantitative estimate of drug-likeness (QED) is 0.917. The molecule has 3 nitrogen and oxygen atoms in total. The highest BCUT2D eigenvalue weighted by atomic mass is 19.4. The Kier molecular flexibility index (Phi) is 3.83. The summed E-state index contributed by atoms with van der Waals surface area (Å²) < 4.78 is 43.5. The zero-order valence-electron chi connectivity index (χ0n) is 11.0. The fourth-order valence-electron chi connectivity index (χ4n) is 1.76. The van der Waals surface area contributed by atoms with Crippen molar-refractivity contribution in [3.63, 3.8) is 0 Å². The van der Waals surface area contributed by atoms with E-state index < -0.39 is 11.7 Å². The third-order valence-electron chi connectivity index (χ3n) is 2.78. The van der Waals surface area contributed by atoms with Gasteiger partial charge in [0, 0.05) is 11.9 Å². The summed E-state index contributed by atoms with van der Waals surface area (Å²) in [7, 11) is 1.21. The first-order valence-corrected chi connectivity index (χ1v) is 5.85. The van der Waals surface area contributed by atoms with Crippen LogP contribution in [0.4, 0.5) is 24.7 Å². The van der Waals surface area contributed by atoms with E-state index in [0.717, 1.165) is 11.6 Å². The summed E-state index contributed by atoms with van der Waals surface area (Å²) in [6, 6.07) is 7.39. The van der Waals surface area contributed by atoms with Crippen LogP contribution >= 0.6 is 0 Å². The molecule has 6 heteroatoms. The molecule has 106 valence electrons. The van der Waals surface area contributed by atoms with Gasteiger partial charge in [-0.15, -0.1) is 0 Å². The molecule has 1 aromatic carbocycles. The van der Waals surface area contributed by atoms with Gasteiger partial charge in [0.25, 0.3) is 0 Å². The highest BCUT2D eigenvalue weighted by Gasteiger charge is 2.34. The molecule has 0 amide bonds. The van der Waals surface area contributed by atoms with Crippen molar-refractivity contribution in [3.05, 3.63) is 47.7 Å². The minimum atomic E-state index is -4.47. The Balaban J connectivity index is 2.37. The van der Waals surface area contributed by atoms with Crippen LogP contribution < -0.4 is 10.1 Å². The van der Waals surface area contributed by atoms with Crippen LogP contribution in [0.1, 0.15) is 11.1 Å². The molecule has 0 atom stereocenters. The molecule has 0 radical (unpaired) electrons. The van der Waals surface area contributed by atoms with Crippen LogP contribution in [0.3, 0.4) is 0 Å². The van der Waals surface area contributed by atoms with Gasteiger partial charge in [-0.3, -0.25) is 0 Å². The number of anilines is 2. The smallest absolute Gasteiger partial charge is 0.420 e. The van der Waals surface area contributed by atoms with E-state index in [1.54, 1.807) is 12.3 Å². The Morgan fingerprint density at radius 3 is 2.55 bits per heavy atom. The number of alkyl halides is 3. The Morgan fingerprint density at radius 2 is 1.95 bits per heavy atom. The second-order valence-electron chi connectivity index (χ2n) is 4.21. The van der Waals surface area contributed by atoms with Gasteiger partial charge in [0.05, 0.1) is 12.7 Å². The molecule has 0 fully saturated rings. The minimum absolute atomic E-state index is 0.208. The Morgan fingerprint density at radius 1 is 1.20 bits per heavy atom. The number of pyridine rings is 1. The van der Waals surface area contributed by atoms with Crippen LogP contribution in [0.2, 0.25) is 0 Å². The number of halogens is 3. The maximum atomic E-state index is 12.9. The molecule has 1 heterocycles. The lowest BCUT2D eigenvalue weighted by Gasteiger charge is -2.14. The first-order valence-electron chi connectivity index (χ1n) is 5.85.